The highest BCUT2D eigenvalue weighted by Crippen LogP contribution is 2.25. The van der Waals surface area contributed by atoms with Gasteiger partial charge in [0.2, 0.25) is 0 Å². The van der Waals surface area contributed by atoms with Crippen molar-refractivity contribution in [2.75, 3.05) is 31.7 Å². The molecule has 2 rings (SSSR count). The fourth-order valence-electron chi connectivity index (χ4n) is 2.73. The molecule has 0 radical (unpaired) electrons. The molecule has 0 bridgehead atoms. The summed E-state index contributed by atoms with van der Waals surface area (Å²) in [4.78, 5) is 2.43. The van der Waals surface area contributed by atoms with Crippen LogP contribution in [-0.4, -0.2) is 31.9 Å². The van der Waals surface area contributed by atoms with Crippen LogP contribution in [0.5, 0.6) is 0 Å². The van der Waals surface area contributed by atoms with Crippen LogP contribution in [0.3, 0.4) is 0 Å². The number of aliphatic hydroxyl groups is 1. The van der Waals surface area contributed by atoms with Gasteiger partial charge in [-0.25, -0.2) is 0 Å². The molecule has 1 unspecified atom stereocenters. The molecule has 1 atom stereocenters. The third-order valence-corrected chi connectivity index (χ3v) is 3.78. The summed E-state index contributed by atoms with van der Waals surface area (Å²) in [7, 11) is 1.78. The summed E-state index contributed by atoms with van der Waals surface area (Å²) in [5.74, 6) is 0.640. The lowest BCUT2D eigenvalue weighted by molar-refractivity contribution is 0.143. The Hall–Kier alpha value is -1.06. The first-order chi connectivity index (χ1) is 8.74. The van der Waals surface area contributed by atoms with E-state index in [0.717, 1.165) is 25.3 Å². The molecule has 0 spiro atoms. The van der Waals surface area contributed by atoms with E-state index in [1.165, 1.54) is 24.1 Å². The molecule has 100 valence electrons. The Labute approximate surface area is 109 Å². The minimum Gasteiger partial charge on any atom is -0.392 e. The Morgan fingerprint density at radius 3 is 2.94 bits per heavy atom. The molecule has 0 aromatic heterocycles. The Kier molecular flexibility index (Phi) is 4.61. The molecule has 1 aliphatic rings. The Morgan fingerprint density at radius 2 is 2.28 bits per heavy atom. The van der Waals surface area contributed by atoms with Gasteiger partial charge in [-0.2, -0.15) is 0 Å². The maximum absolute atomic E-state index is 9.20. The topological polar surface area (TPSA) is 32.7 Å². The standard InChI is InChI=1S/C15H23NO2/c1-12-8-15(6-5-14(12)10-17)16-7-3-4-13(9-16)11-18-2/h5-6,8,13,17H,3-4,7,9-11H2,1-2H3. The summed E-state index contributed by atoms with van der Waals surface area (Å²) in [6, 6.07) is 6.33. The van der Waals surface area contributed by atoms with Crippen LogP contribution in [0.25, 0.3) is 0 Å². The van der Waals surface area contributed by atoms with Gasteiger partial charge in [0.05, 0.1) is 13.2 Å². The van der Waals surface area contributed by atoms with Gasteiger partial charge < -0.3 is 14.7 Å². The summed E-state index contributed by atoms with van der Waals surface area (Å²) >= 11 is 0. The summed E-state index contributed by atoms with van der Waals surface area (Å²) in [5, 5.41) is 9.20. The first kappa shape index (κ1) is 13.4. The molecule has 0 saturated carbocycles. The average molecular weight is 249 g/mol. The van der Waals surface area contributed by atoms with E-state index < -0.39 is 0 Å². The van der Waals surface area contributed by atoms with Crippen molar-refractivity contribution in [3.05, 3.63) is 29.3 Å². The second kappa shape index (κ2) is 6.21. The molecule has 1 fully saturated rings. The van der Waals surface area contributed by atoms with Gasteiger partial charge in [0.25, 0.3) is 0 Å². The molecule has 3 nitrogen and oxygen atoms in total. The zero-order valence-corrected chi connectivity index (χ0v) is 11.4. The highest BCUT2D eigenvalue weighted by Gasteiger charge is 2.20. The van der Waals surface area contributed by atoms with E-state index in [1.54, 1.807) is 7.11 Å². The normalized spacial score (nSPS) is 20.2. The van der Waals surface area contributed by atoms with Gasteiger partial charge in [-0.15, -0.1) is 0 Å². The van der Waals surface area contributed by atoms with E-state index in [1.807, 2.05) is 6.07 Å². The van der Waals surface area contributed by atoms with Gasteiger partial charge >= 0.3 is 0 Å². The number of piperidine rings is 1. The fraction of sp³-hybridized carbons (Fsp3) is 0.600. The molecule has 3 heteroatoms. The maximum Gasteiger partial charge on any atom is 0.0684 e. The van der Waals surface area contributed by atoms with Crippen LogP contribution in [0.1, 0.15) is 24.0 Å². The van der Waals surface area contributed by atoms with Gasteiger partial charge in [0.15, 0.2) is 0 Å². The zero-order valence-electron chi connectivity index (χ0n) is 11.4. The first-order valence-electron chi connectivity index (χ1n) is 6.69. The molecule has 0 aliphatic carbocycles. The lowest BCUT2D eigenvalue weighted by Gasteiger charge is -2.34. The number of hydrogen-bond donors (Lipinski definition) is 1. The van der Waals surface area contributed by atoms with Crippen LogP contribution in [-0.2, 0) is 11.3 Å². The highest BCUT2D eigenvalue weighted by molar-refractivity contribution is 5.51. The second-order valence-corrected chi connectivity index (χ2v) is 5.18. The van der Waals surface area contributed by atoms with Crippen molar-refractivity contribution in [1.82, 2.24) is 0 Å². The molecule has 0 amide bonds. The lowest BCUT2D eigenvalue weighted by Crippen LogP contribution is -2.37. The molecule has 1 N–H and O–H groups in total. The Balaban J connectivity index is 2.08. The number of anilines is 1. The third-order valence-electron chi connectivity index (χ3n) is 3.78. The fourth-order valence-corrected chi connectivity index (χ4v) is 2.73. The average Bonchev–Trinajstić information content (AvgIpc) is 2.39. The van der Waals surface area contributed by atoms with Crippen molar-refractivity contribution in [1.29, 1.82) is 0 Å². The van der Waals surface area contributed by atoms with E-state index in [0.29, 0.717) is 5.92 Å². The van der Waals surface area contributed by atoms with Crippen LogP contribution in [0.4, 0.5) is 5.69 Å². The Morgan fingerprint density at radius 1 is 1.44 bits per heavy atom. The van der Waals surface area contributed by atoms with Crippen LogP contribution < -0.4 is 4.90 Å². The molecule has 1 saturated heterocycles. The minimum absolute atomic E-state index is 0.123. The minimum atomic E-state index is 0.123. The molecule has 1 aromatic rings. The zero-order chi connectivity index (χ0) is 13.0. The molecular formula is C15H23NO2. The third kappa shape index (κ3) is 3.03. The number of aliphatic hydroxyl groups excluding tert-OH is 1. The number of methoxy groups -OCH3 is 1. The van der Waals surface area contributed by atoms with Crippen molar-refractivity contribution in [2.45, 2.75) is 26.4 Å². The van der Waals surface area contributed by atoms with E-state index in [4.69, 9.17) is 4.74 Å². The quantitative estimate of drug-likeness (QED) is 0.889. The molecule has 18 heavy (non-hydrogen) atoms. The molecule has 1 aromatic carbocycles. The second-order valence-electron chi connectivity index (χ2n) is 5.18. The Bertz CT molecular complexity index is 390. The lowest BCUT2D eigenvalue weighted by atomic mass is 9.98. The van der Waals surface area contributed by atoms with Crippen LogP contribution in [0, 0.1) is 12.8 Å². The van der Waals surface area contributed by atoms with Crippen molar-refractivity contribution in [3.8, 4) is 0 Å². The number of nitrogens with zero attached hydrogens (tertiary/aromatic N) is 1. The van der Waals surface area contributed by atoms with Gasteiger partial charge in [-0.1, -0.05) is 6.07 Å². The van der Waals surface area contributed by atoms with Crippen LogP contribution in [0.2, 0.25) is 0 Å². The monoisotopic (exact) mass is 249 g/mol. The van der Waals surface area contributed by atoms with Gasteiger partial charge in [-0.05, 0) is 48.9 Å². The highest BCUT2D eigenvalue weighted by atomic mass is 16.5. The van der Waals surface area contributed by atoms with Crippen molar-refractivity contribution >= 4 is 5.69 Å². The number of ether oxygens (including phenoxy) is 1. The SMILES string of the molecule is COCC1CCCN(c2ccc(CO)c(C)c2)C1. The van der Waals surface area contributed by atoms with Crippen LogP contribution >= 0.6 is 0 Å². The van der Waals surface area contributed by atoms with Gasteiger partial charge in [0.1, 0.15) is 0 Å². The predicted molar refractivity (Wildman–Crippen MR) is 73.9 cm³/mol. The number of hydrogen-bond acceptors (Lipinski definition) is 3. The summed E-state index contributed by atoms with van der Waals surface area (Å²) in [6.45, 7) is 5.23. The van der Waals surface area contributed by atoms with E-state index in [-0.39, 0.29) is 6.61 Å². The summed E-state index contributed by atoms with van der Waals surface area (Å²) in [6.07, 6.45) is 2.49. The van der Waals surface area contributed by atoms with E-state index >= 15 is 0 Å². The van der Waals surface area contributed by atoms with Gasteiger partial charge in [0, 0.05) is 25.9 Å². The smallest absolute Gasteiger partial charge is 0.0684 e. The molecule has 1 heterocycles. The van der Waals surface area contributed by atoms with E-state index in [2.05, 4.69) is 24.0 Å². The first-order valence-corrected chi connectivity index (χ1v) is 6.69. The number of aryl methyl sites for hydroxylation is 1. The molecule has 1 aliphatic heterocycles. The van der Waals surface area contributed by atoms with Crippen LogP contribution in [0.15, 0.2) is 18.2 Å². The summed E-state index contributed by atoms with van der Waals surface area (Å²) in [5.41, 5.74) is 3.46. The number of rotatable bonds is 4. The van der Waals surface area contributed by atoms with Crippen molar-refractivity contribution in [3.63, 3.8) is 0 Å². The van der Waals surface area contributed by atoms with Crippen molar-refractivity contribution in [2.24, 2.45) is 5.92 Å². The predicted octanol–water partition coefficient (Wildman–Crippen LogP) is 2.35. The van der Waals surface area contributed by atoms with E-state index in [9.17, 15) is 5.11 Å². The maximum atomic E-state index is 9.20. The van der Waals surface area contributed by atoms with Gasteiger partial charge in [-0.3, -0.25) is 0 Å². The molecular weight excluding hydrogens is 226 g/mol. The summed E-state index contributed by atoms with van der Waals surface area (Å²) < 4.78 is 5.27. The number of benzene rings is 1. The van der Waals surface area contributed by atoms with Crippen molar-refractivity contribution < 1.29 is 9.84 Å². The largest absolute Gasteiger partial charge is 0.392 e.